The molecule has 1 fully saturated rings. The largest absolute Gasteiger partial charge is 0.508 e. The van der Waals surface area contributed by atoms with Gasteiger partial charge in [-0.15, -0.1) is 0 Å². The Hall–Kier alpha value is -2.84. The zero-order valence-electron chi connectivity index (χ0n) is 17.2. The van der Waals surface area contributed by atoms with Gasteiger partial charge >= 0.3 is 5.97 Å². The molecule has 31 heavy (non-hydrogen) atoms. The van der Waals surface area contributed by atoms with Gasteiger partial charge in [-0.1, -0.05) is 36.4 Å². The average molecular weight is 443 g/mol. The first-order valence-corrected chi connectivity index (χ1v) is 10.6. The van der Waals surface area contributed by atoms with Crippen molar-refractivity contribution in [1.82, 2.24) is 4.90 Å². The third-order valence-electron chi connectivity index (χ3n) is 5.94. The number of nitrogens with zero attached hydrogens (tertiary/aromatic N) is 1. The lowest BCUT2D eigenvalue weighted by atomic mass is 9.90. The maximum Gasteiger partial charge on any atom is 0.337 e. The van der Waals surface area contributed by atoms with Gasteiger partial charge in [-0.05, 0) is 55.0 Å². The number of carbonyl (C=O) groups is 3. The minimum absolute atomic E-state index is 0.0111. The maximum atomic E-state index is 13.6. The van der Waals surface area contributed by atoms with E-state index in [9.17, 15) is 24.6 Å². The second kappa shape index (κ2) is 9.11. The molecule has 0 bridgehead atoms. The molecule has 1 saturated heterocycles. The summed E-state index contributed by atoms with van der Waals surface area (Å²) < 4.78 is 0. The van der Waals surface area contributed by atoms with Gasteiger partial charge in [0.15, 0.2) is 5.78 Å². The van der Waals surface area contributed by atoms with Crippen molar-refractivity contribution in [3.8, 4) is 5.75 Å². The van der Waals surface area contributed by atoms with Gasteiger partial charge in [0.2, 0.25) is 11.4 Å². The minimum atomic E-state index is -2.02. The first kappa shape index (κ1) is 22.8. The summed E-state index contributed by atoms with van der Waals surface area (Å²) >= 11 is 4.47. The van der Waals surface area contributed by atoms with E-state index in [0.717, 1.165) is 16.7 Å². The zero-order chi connectivity index (χ0) is 22.8. The fourth-order valence-electron chi connectivity index (χ4n) is 4.33. The van der Waals surface area contributed by atoms with Crippen LogP contribution in [0.5, 0.6) is 5.75 Å². The number of amides is 1. The van der Waals surface area contributed by atoms with Gasteiger partial charge in [0.05, 0.1) is 17.8 Å². The Morgan fingerprint density at radius 2 is 1.84 bits per heavy atom. The monoisotopic (exact) mass is 442 g/mol. The van der Waals surface area contributed by atoms with Crippen LogP contribution in [0, 0.1) is 6.92 Å². The molecular formula is C23H26N2O5S. The number of aliphatic carboxylic acids is 1. The van der Waals surface area contributed by atoms with E-state index in [-0.39, 0.29) is 18.6 Å². The first-order valence-electron chi connectivity index (χ1n) is 10.0. The highest BCUT2D eigenvalue weighted by Crippen LogP contribution is 2.45. The number of hydrogen-bond acceptors (Lipinski definition) is 6. The Morgan fingerprint density at radius 1 is 1.19 bits per heavy atom. The molecule has 0 saturated carbocycles. The highest BCUT2D eigenvalue weighted by atomic mass is 32.1. The van der Waals surface area contributed by atoms with Crippen molar-refractivity contribution in [2.45, 2.75) is 43.0 Å². The van der Waals surface area contributed by atoms with E-state index in [1.165, 1.54) is 17.0 Å². The van der Waals surface area contributed by atoms with Gasteiger partial charge in [0.1, 0.15) is 5.75 Å². The highest BCUT2D eigenvalue weighted by Gasteiger charge is 2.59. The lowest BCUT2D eigenvalue weighted by Crippen LogP contribution is -2.62. The molecule has 0 spiro atoms. The fraction of sp³-hybridized carbons (Fsp3) is 0.348. The summed E-state index contributed by atoms with van der Waals surface area (Å²) in [6.45, 7) is 1.41. The standard InChI is InChI=1S/C23H26N2O5S/c1-14-4-2-3-5-17(14)18-10-11-23(22(29)30,20(27)13-24)25(18)21(28)19(31)12-15-6-8-16(26)9-7-15/h2-9,18-19,26,31H,10-13,24H2,1H3,(H,29,30). The van der Waals surface area contributed by atoms with Crippen LogP contribution in [0.3, 0.4) is 0 Å². The van der Waals surface area contributed by atoms with E-state index in [4.69, 9.17) is 5.73 Å². The lowest BCUT2D eigenvalue weighted by Gasteiger charge is -2.38. The summed E-state index contributed by atoms with van der Waals surface area (Å²) in [5.41, 5.74) is 6.01. The quantitative estimate of drug-likeness (QED) is 0.386. The molecule has 1 aliphatic heterocycles. The molecule has 1 heterocycles. The van der Waals surface area contributed by atoms with Crippen LogP contribution in [0.2, 0.25) is 0 Å². The number of phenols is 1. The van der Waals surface area contributed by atoms with Gasteiger partial charge < -0.3 is 20.8 Å². The topological polar surface area (TPSA) is 121 Å². The summed E-state index contributed by atoms with van der Waals surface area (Å²) in [7, 11) is 0. The molecule has 3 rings (SSSR count). The SMILES string of the molecule is Cc1ccccc1C1CCC(C(=O)O)(C(=O)CN)N1C(=O)C(S)Cc1ccc(O)cc1. The van der Waals surface area contributed by atoms with Crippen LogP contribution in [0.4, 0.5) is 0 Å². The molecule has 8 heteroatoms. The maximum absolute atomic E-state index is 13.6. The van der Waals surface area contributed by atoms with Crippen LogP contribution in [0.15, 0.2) is 48.5 Å². The van der Waals surface area contributed by atoms with E-state index < -0.39 is 41.0 Å². The number of hydrogen-bond donors (Lipinski definition) is 4. The van der Waals surface area contributed by atoms with Crippen LogP contribution in [-0.4, -0.2) is 50.1 Å². The molecule has 164 valence electrons. The van der Waals surface area contributed by atoms with Crippen LogP contribution in [0.1, 0.15) is 35.6 Å². The second-order valence-corrected chi connectivity index (χ2v) is 8.42. The number of Topliss-reactive ketones (excluding diaryl/α,β-unsaturated/α-hetero) is 1. The normalized spacial score (nSPS) is 21.6. The molecule has 0 radical (unpaired) electrons. The van der Waals surface area contributed by atoms with E-state index in [0.29, 0.717) is 6.42 Å². The van der Waals surface area contributed by atoms with Crippen molar-refractivity contribution >= 4 is 30.3 Å². The van der Waals surface area contributed by atoms with Crippen LogP contribution in [-0.2, 0) is 20.8 Å². The predicted molar refractivity (Wildman–Crippen MR) is 119 cm³/mol. The highest BCUT2D eigenvalue weighted by molar-refractivity contribution is 7.81. The third-order valence-corrected chi connectivity index (χ3v) is 6.34. The van der Waals surface area contributed by atoms with Gasteiger partial charge in [0.25, 0.3) is 0 Å². The van der Waals surface area contributed by atoms with Gasteiger partial charge in [-0.25, -0.2) is 4.79 Å². The molecule has 1 amide bonds. The van der Waals surface area contributed by atoms with Crippen molar-refractivity contribution in [2.24, 2.45) is 5.73 Å². The molecule has 2 aromatic carbocycles. The number of aryl methyl sites for hydroxylation is 1. The second-order valence-electron chi connectivity index (χ2n) is 7.80. The molecule has 4 N–H and O–H groups in total. The van der Waals surface area contributed by atoms with Gasteiger partial charge in [-0.3, -0.25) is 9.59 Å². The number of carboxylic acid groups (broad SMARTS) is 1. The number of thiol groups is 1. The Morgan fingerprint density at radius 3 is 2.42 bits per heavy atom. The third kappa shape index (κ3) is 4.18. The summed E-state index contributed by atoms with van der Waals surface area (Å²) in [6.07, 6.45) is 0.531. The number of nitrogens with two attached hydrogens (primary N) is 1. The predicted octanol–water partition coefficient (Wildman–Crippen LogP) is 2.26. The Labute approximate surface area is 186 Å². The minimum Gasteiger partial charge on any atom is -0.508 e. The Balaban J connectivity index is 2.04. The van der Waals surface area contributed by atoms with Crippen LogP contribution >= 0.6 is 12.6 Å². The number of aromatic hydroxyl groups is 1. The van der Waals surface area contributed by atoms with E-state index in [1.807, 2.05) is 31.2 Å². The number of phenolic OH excluding ortho intramolecular Hbond substituents is 1. The smallest absolute Gasteiger partial charge is 0.337 e. The van der Waals surface area contributed by atoms with Crippen molar-refractivity contribution in [2.75, 3.05) is 6.54 Å². The van der Waals surface area contributed by atoms with Gasteiger partial charge in [0, 0.05) is 0 Å². The molecule has 3 atom stereocenters. The summed E-state index contributed by atoms with van der Waals surface area (Å²) in [5.74, 6) is -2.51. The van der Waals surface area contributed by atoms with Crippen molar-refractivity contribution in [3.05, 3.63) is 65.2 Å². The molecule has 7 nitrogen and oxygen atoms in total. The summed E-state index contributed by atoms with van der Waals surface area (Å²) in [5, 5.41) is 18.7. The molecule has 3 unspecified atom stereocenters. The summed E-state index contributed by atoms with van der Waals surface area (Å²) in [6, 6.07) is 13.2. The Kier molecular flexibility index (Phi) is 6.71. The number of carboxylic acids is 1. The number of rotatable bonds is 7. The number of ketones is 1. The van der Waals surface area contributed by atoms with Crippen molar-refractivity contribution in [3.63, 3.8) is 0 Å². The number of carbonyl (C=O) groups excluding carboxylic acids is 2. The first-order chi connectivity index (χ1) is 14.7. The van der Waals surface area contributed by atoms with Crippen molar-refractivity contribution in [1.29, 1.82) is 0 Å². The van der Waals surface area contributed by atoms with Crippen LogP contribution in [0.25, 0.3) is 0 Å². The zero-order valence-corrected chi connectivity index (χ0v) is 18.1. The number of benzene rings is 2. The molecule has 0 aromatic heterocycles. The number of likely N-dealkylation sites (tertiary alicyclic amines) is 1. The van der Waals surface area contributed by atoms with E-state index in [2.05, 4.69) is 12.6 Å². The summed E-state index contributed by atoms with van der Waals surface area (Å²) in [4.78, 5) is 40.0. The molecule has 1 aliphatic rings. The van der Waals surface area contributed by atoms with E-state index in [1.54, 1.807) is 12.1 Å². The molecular weight excluding hydrogens is 416 g/mol. The van der Waals surface area contributed by atoms with E-state index >= 15 is 0 Å². The molecule has 0 aliphatic carbocycles. The fourth-order valence-corrected chi connectivity index (χ4v) is 4.67. The van der Waals surface area contributed by atoms with Gasteiger partial charge in [-0.2, -0.15) is 12.6 Å². The van der Waals surface area contributed by atoms with Crippen LogP contribution < -0.4 is 5.73 Å². The van der Waals surface area contributed by atoms with Crippen molar-refractivity contribution < 1.29 is 24.6 Å². The lowest BCUT2D eigenvalue weighted by molar-refractivity contribution is -0.163. The Bertz CT molecular complexity index is 994. The average Bonchev–Trinajstić information content (AvgIpc) is 3.16. The molecule has 2 aromatic rings.